The van der Waals surface area contributed by atoms with Gasteiger partial charge in [-0.15, -0.1) is 0 Å². The second kappa shape index (κ2) is 8.13. The standard InChI is InChI=1S/C16H33N/c1-4-7-10-14(6-3)16(17)15-12-9-8-11-13(15)5-2/h13-16H,4-12,17H2,1-3H3. The van der Waals surface area contributed by atoms with E-state index in [0.29, 0.717) is 6.04 Å². The van der Waals surface area contributed by atoms with Gasteiger partial charge >= 0.3 is 0 Å². The maximum atomic E-state index is 6.61. The van der Waals surface area contributed by atoms with Gasteiger partial charge in [-0.1, -0.05) is 65.7 Å². The van der Waals surface area contributed by atoms with Gasteiger partial charge in [0.25, 0.3) is 0 Å². The lowest BCUT2D eigenvalue weighted by Crippen LogP contribution is -2.42. The summed E-state index contributed by atoms with van der Waals surface area (Å²) < 4.78 is 0. The number of hydrogen-bond donors (Lipinski definition) is 1. The molecule has 1 aliphatic carbocycles. The third kappa shape index (κ3) is 4.28. The minimum atomic E-state index is 0.469. The Morgan fingerprint density at radius 3 is 2.41 bits per heavy atom. The van der Waals surface area contributed by atoms with Crippen LogP contribution in [0.25, 0.3) is 0 Å². The first-order valence-electron chi connectivity index (χ1n) is 8.00. The maximum Gasteiger partial charge on any atom is 0.00981 e. The van der Waals surface area contributed by atoms with Crippen LogP contribution in [0.4, 0.5) is 0 Å². The molecule has 4 atom stereocenters. The molecule has 0 radical (unpaired) electrons. The molecule has 1 rings (SSSR count). The van der Waals surface area contributed by atoms with Crippen molar-refractivity contribution in [2.75, 3.05) is 0 Å². The van der Waals surface area contributed by atoms with E-state index < -0.39 is 0 Å². The van der Waals surface area contributed by atoms with Gasteiger partial charge in [-0.3, -0.25) is 0 Å². The van der Waals surface area contributed by atoms with E-state index in [1.165, 1.54) is 57.8 Å². The highest BCUT2D eigenvalue weighted by Gasteiger charge is 2.32. The summed E-state index contributed by atoms with van der Waals surface area (Å²) in [5.41, 5.74) is 6.61. The van der Waals surface area contributed by atoms with Gasteiger partial charge < -0.3 is 5.73 Å². The molecule has 0 amide bonds. The van der Waals surface area contributed by atoms with Gasteiger partial charge in [-0.25, -0.2) is 0 Å². The predicted octanol–water partition coefficient (Wildman–Crippen LogP) is 4.75. The molecule has 1 aliphatic rings. The van der Waals surface area contributed by atoms with Crippen LogP contribution in [0.15, 0.2) is 0 Å². The van der Waals surface area contributed by atoms with Crippen molar-refractivity contribution in [3.05, 3.63) is 0 Å². The van der Waals surface area contributed by atoms with Crippen LogP contribution in [-0.2, 0) is 0 Å². The van der Waals surface area contributed by atoms with E-state index >= 15 is 0 Å². The Labute approximate surface area is 109 Å². The van der Waals surface area contributed by atoms with Crippen molar-refractivity contribution in [3.8, 4) is 0 Å². The summed E-state index contributed by atoms with van der Waals surface area (Å²) in [4.78, 5) is 0. The lowest BCUT2D eigenvalue weighted by molar-refractivity contribution is 0.154. The van der Waals surface area contributed by atoms with Crippen LogP contribution in [0.1, 0.15) is 78.6 Å². The topological polar surface area (TPSA) is 26.0 Å². The molecule has 0 bridgehead atoms. The molecule has 2 N–H and O–H groups in total. The summed E-state index contributed by atoms with van der Waals surface area (Å²) in [5.74, 6) is 2.50. The van der Waals surface area contributed by atoms with E-state index in [1.807, 2.05) is 0 Å². The van der Waals surface area contributed by atoms with Crippen LogP contribution in [0.2, 0.25) is 0 Å². The summed E-state index contributed by atoms with van der Waals surface area (Å²) in [5, 5.41) is 0. The van der Waals surface area contributed by atoms with E-state index in [0.717, 1.165) is 17.8 Å². The number of nitrogens with two attached hydrogens (primary N) is 1. The molecule has 1 nitrogen and oxygen atoms in total. The monoisotopic (exact) mass is 239 g/mol. The third-order valence-corrected chi connectivity index (χ3v) is 4.98. The van der Waals surface area contributed by atoms with Gasteiger partial charge in [0.05, 0.1) is 0 Å². The van der Waals surface area contributed by atoms with E-state index in [2.05, 4.69) is 20.8 Å². The fourth-order valence-corrected chi connectivity index (χ4v) is 3.73. The van der Waals surface area contributed by atoms with Crippen LogP contribution in [-0.4, -0.2) is 6.04 Å². The van der Waals surface area contributed by atoms with E-state index in [4.69, 9.17) is 5.73 Å². The summed E-state index contributed by atoms with van der Waals surface area (Å²) in [7, 11) is 0. The Hall–Kier alpha value is -0.0400. The van der Waals surface area contributed by atoms with Crippen molar-refractivity contribution in [1.82, 2.24) is 0 Å². The van der Waals surface area contributed by atoms with Gasteiger partial charge in [0, 0.05) is 6.04 Å². The molecule has 4 unspecified atom stereocenters. The fourth-order valence-electron chi connectivity index (χ4n) is 3.73. The molecule has 1 saturated carbocycles. The van der Waals surface area contributed by atoms with E-state index in [1.54, 1.807) is 0 Å². The molecular formula is C16H33N. The zero-order valence-corrected chi connectivity index (χ0v) is 12.3. The van der Waals surface area contributed by atoms with Crippen LogP contribution >= 0.6 is 0 Å². The van der Waals surface area contributed by atoms with Crippen LogP contribution < -0.4 is 5.73 Å². The number of unbranched alkanes of at least 4 members (excludes halogenated alkanes) is 1. The molecule has 0 heterocycles. The lowest BCUT2D eigenvalue weighted by atomic mass is 9.70. The highest BCUT2D eigenvalue weighted by Crippen LogP contribution is 2.37. The van der Waals surface area contributed by atoms with Gasteiger partial charge in [0.1, 0.15) is 0 Å². The summed E-state index contributed by atoms with van der Waals surface area (Å²) in [6, 6.07) is 0.469. The Morgan fingerprint density at radius 1 is 1.12 bits per heavy atom. The molecule has 17 heavy (non-hydrogen) atoms. The molecule has 0 aromatic carbocycles. The van der Waals surface area contributed by atoms with Crippen molar-refractivity contribution in [2.24, 2.45) is 23.5 Å². The first-order chi connectivity index (χ1) is 8.24. The zero-order valence-electron chi connectivity index (χ0n) is 12.3. The van der Waals surface area contributed by atoms with Gasteiger partial charge in [-0.05, 0) is 30.6 Å². The average Bonchev–Trinajstić information content (AvgIpc) is 2.39. The minimum Gasteiger partial charge on any atom is -0.327 e. The van der Waals surface area contributed by atoms with Gasteiger partial charge in [-0.2, -0.15) is 0 Å². The van der Waals surface area contributed by atoms with Gasteiger partial charge in [0.2, 0.25) is 0 Å². The molecular weight excluding hydrogens is 206 g/mol. The van der Waals surface area contributed by atoms with Crippen molar-refractivity contribution < 1.29 is 0 Å². The van der Waals surface area contributed by atoms with Crippen LogP contribution in [0, 0.1) is 17.8 Å². The Bertz CT molecular complexity index is 190. The summed E-state index contributed by atoms with van der Waals surface area (Å²) >= 11 is 0. The second-order valence-electron chi connectivity index (χ2n) is 6.00. The molecule has 0 aromatic rings. The lowest BCUT2D eigenvalue weighted by Gasteiger charge is -2.38. The fraction of sp³-hybridized carbons (Fsp3) is 1.00. The first kappa shape index (κ1) is 15.0. The smallest absolute Gasteiger partial charge is 0.00981 e. The Balaban J connectivity index is 2.54. The zero-order chi connectivity index (χ0) is 12.7. The Kier molecular flexibility index (Phi) is 7.18. The largest absolute Gasteiger partial charge is 0.327 e. The first-order valence-corrected chi connectivity index (χ1v) is 8.00. The maximum absolute atomic E-state index is 6.61. The van der Waals surface area contributed by atoms with Crippen molar-refractivity contribution in [1.29, 1.82) is 0 Å². The number of hydrogen-bond acceptors (Lipinski definition) is 1. The van der Waals surface area contributed by atoms with Crippen molar-refractivity contribution >= 4 is 0 Å². The number of rotatable bonds is 7. The summed E-state index contributed by atoms with van der Waals surface area (Å²) in [6.07, 6.45) is 12.3. The average molecular weight is 239 g/mol. The molecule has 1 fully saturated rings. The van der Waals surface area contributed by atoms with Crippen molar-refractivity contribution in [2.45, 2.75) is 84.6 Å². The highest BCUT2D eigenvalue weighted by atomic mass is 14.7. The highest BCUT2D eigenvalue weighted by molar-refractivity contribution is 4.86. The quantitative estimate of drug-likeness (QED) is 0.682. The molecule has 0 aromatic heterocycles. The summed E-state index contributed by atoms with van der Waals surface area (Å²) in [6.45, 7) is 6.96. The molecule has 0 spiro atoms. The van der Waals surface area contributed by atoms with Gasteiger partial charge in [0.15, 0.2) is 0 Å². The van der Waals surface area contributed by atoms with Crippen LogP contribution in [0.5, 0.6) is 0 Å². The van der Waals surface area contributed by atoms with Crippen LogP contribution in [0.3, 0.4) is 0 Å². The molecule has 0 aliphatic heterocycles. The SMILES string of the molecule is CCCCC(CC)C(N)C1CCCCC1CC. The molecule has 0 saturated heterocycles. The molecule has 1 heteroatoms. The second-order valence-corrected chi connectivity index (χ2v) is 6.00. The molecule has 102 valence electrons. The minimum absolute atomic E-state index is 0.469. The normalized spacial score (nSPS) is 28.9. The van der Waals surface area contributed by atoms with E-state index in [-0.39, 0.29) is 0 Å². The van der Waals surface area contributed by atoms with Crippen molar-refractivity contribution in [3.63, 3.8) is 0 Å². The predicted molar refractivity (Wildman–Crippen MR) is 77.0 cm³/mol. The van der Waals surface area contributed by atoms with E-state index in [9.17, 15) is 0 Å². The third-order valence-electron chi connectivity index (χ3n) is 4.98. The Morgan fingerprint density at radius 2 is 1.82 bits per heavy atom.